The van der Waals surface area contributed by atoms with Gasteiger partial charge in [0.15, 0.2) is 0 Å². The zero-order chi connectivity index (χ0) is 8.43. The number of nitrogens with zero attached hydrogens (tertiary/aromatic N) is 1. The van der Waals surface area contributed by atoms with Gasteiger partial charge < -0.3 is 0 Å². The van der Waals surface area contributed by atoms with Gasteiger partial charge >= 0.3 is 72.5 Å². The summed E-state index contributed by atoms with van der Waals surface area (Å²) in [5.74, 6) is -0.956. The van der Waals surface area contributed by atoms with Crippen molar-refractivity contribution in [3.63, 3.8) is 0 Å². The molecule has 0 bridgehead atoms. The number of carboxylic acid groups (broad SMARTS) is 1. The fraction of sp³-hybridized carbons (Fsp3) is 0.143. The van der Waals surface area contributed by atoms with E-state index in [-0.39, 0.29) is 5.69 Å². The second-order valence-corrected chi connectivity index (χ2v) is 3.45. The van der Waals surface area contributed by atoms with Crippen LogP contribution in [0.1, 0.15) is 16.1 Å². The van der Waals surface area contributed by atoms with Gasteiger partial charge in [0.05, 0.1) is 0 Å². The second-order valence-electron chi connectivity index (χ2n) is 2.21. The van der Waals surface area contributed by atoms with Gasteiger partial charge in [-0.3, -0.25) is 0 Å². The van der Waals surface area contributed by atoms with E-state index in [0.29, 0.717) is 5.56 Å². The van der Waals surface area contributed by atoms with Crippen LogP contribution in [0.2, 0.25) is 0 Å². The molecule has 0 aliphatic rings. The first kappa shape index (κ1) is 8.28. The minimum absolute atomic E-state index is 0.159. The molecule has 1 aromatic heterocycles. The Bertz CT molecular complexity index is 298. The molecule has 1 atom stereocenters. The van der Waals surface area contributed by atoms with Crippen molar-refractivity contribution in [2.75, 3.05) is 0 Å². The van der Waals surface area contributed by atoms with Crippen molar-refractivity contribution in [3.05, 3.63) is 23.4 Å². The summed E-state index contributed by atoms with van der Waals surface area (Å²) in [6.07, 6.45) is 0. The summed E-state index contributed by atoms with van der Waals surface area (Å²) in [6, 6.07) is 3.59. The standard InChI is InChI=1S/C7H8AsNO2/c1-4-2-3-5(8)9-6(4)7(10)11/h2-3H,8H2,1H3,(H,10,11). The Labute approximate surface area is 73.0 Å². The van der Waals surface area contributed by atoms with Gasteiger partial charge in [-0.2, -0.15) is 0 Å². The number of carboxylic acids is 1. The molecule has 0 radical (unpaired) electrons. The van der Waals surface area contributed by atoms with Crippen LogP contribution < -0.4 is 4.48 Å². The Morgan fingerprint density at radius 3 is 2.73 bits per heavy atom. The maximum absolute atomic E-state index is 10.5. The molecule has 0 aromatic carbocycles. The Balaban J connectivity index is 3.23. The van der Waals surface area contributed by atoms with Crippen molar-refractivity contribution in [1.82, 2.24) is 4.98 Å². The third-order valence-corrected chi connectivity index (χ3v) is 2.00. The quantitative estimate of drug-likeness (QED) is 0.630. The number of aryl methyl sites for hydroxylation is 1. The molecule has 4 heteroatoms. The van der Waals surface area contributed by atoms with E-state index in [1.165, 1.54) is 16.9 Å². The summed E-state index contributed by atoms with van der Waals surface area (Å²) in [5, 5.41) is 8.63. The molecule has 0 aliphatic carbocycles. The number of hydrogen-bond donors (Lipinski definition) is 1. The third kappa shape index (κ3) is 1.81. The van der Waals surface area contributed by atoms with Crippen LogP contribution in [0.4, 0.5) is 0 Å². The van der Waals surface area contributed by atoms with E-state index in [2.05, 4.69) is 4.98 Å². The summed E-state index contributed by atoms with van der Waals surface area (Å²) in [5.41, 5.74) is 0.866. The second kappa shape index (κ2) is 3.05. The Morgan fingerprint density at radius 1 is 1.64 bits per heavy atom. The van der Waals surface area contributed by atoms with Crippen LogP contribution in [0, 0.1) is 6.92 Å². The Morgan fingerprint density at radius 2 is 2.27 bits per heavy atom. The number of hydrogen-bond acceptors (Lipinski definition) is 2. The molecule has 0 aliphatic heterocycles. The number of aromatic carboxylic acids is 1. The third-order valence-electron chi connectivity index (χ3n) is 1.32. The van der Waals surface area contributed by atoms with Crippen molar-refractivity contribution in [2.24, 2.45) is 0 Å². The van der Waals surface area contributed by atoms with Crippen molar-refractivity contribution < 1.29 is 9.90 Å². The topological polar surface area (TPSA) is 50.2 Å². The minimum atomic E-state index is -0.956. The molecule has 3 nitrogen and oxygen atoms in total. The van der Waals surface area contributed by atoms with Crippen LogP contribution >= 0.6 is 0 Å². The van der Waals surface area contributed by atoms with Crippen molar-refractivity contribution >= 4 is 27.3 Å². The molecule has 1 unspecified atom stereocenters. The first-order chi connectivity index (χ1) is 5.11. The molecule has 1 rings (SSSR count). The van der Waals surface area contributed by atoms with Gasteiger partial charge in [-0.1, -0.05) is 0 Å². The number of rotatable bonds is 1. The van der Waals surface area contributed by atoms with Gasteiger partial charge in [-0.15, -0.1) is 0 Å². The van der Waals surface area contributed by atoms with Crippen molar-refractivity contribution in [2.45, 2.75) is 6.92 Å². The van der Waals surface area contributed by atoms with E-state index >= 15 is 0 Å². The molecule has 0 saturated heterocycles. The van der Waals surface area contributed by atoms with Gasteiger partial charge in [0, 0.05) is 0 Å². The molecule has 1 aromatic rings. The maximum atomic E-state index is 10.5. The molecule has 0 amide bonds. The molecular formula is C7H8AsNO2. The normalized spacial score (nSPS) is 9.64. The van der Waals surface area contributed by atoms with Crippen LogP contribution in [0.25, 0.3) is 0 Å². The zero-order valence-corrected chi connectivity index (χ0v) is 8.46. The summed E-state index contributed by atoms with van der Waals surface area (Å²) in [4.78, 5) is 14.4. The molecular weight excluding hydrogens is 205 g/mol. The van der Waals surface area contributed by atoms with Gasteiger partial charge in [-0.25, -0.2) is 0 Å². The van der Waals surface area contributed by atoms with Gasteiger partial charge in [0.2, 0.25) is 0 Å². The molecule has 0 spiro atoms. The van der Waals surface area contributed by atoms with Gasteiger partial charge in [-0.05, 0) is 0 Å². The van der Waals surface area contributed by atoms with Gasteiger partial charge in [0.25, 0.3) is 0 Å². The molecule has 0 fully saturated rings. The first-order valence-corrected chi connectivity index (χ1v) is 4.29. The fourth-order valence-corrected chi connectivity index (χ4v) is 1.23. The zero-order valence-electron chi connectivity index (χ0n) is 6.03. The Hall–Kier alpha value is -0.822. The average Bonchev–Trinajstić information content (AvgIpc) is 1.94. The van der Waals surface area contributed by atoms with Crippen LogP contribution in [0.3, 0.4) is 0 Å². The number of pyridine rings is 1. The van der Waals surface area contributed by atoms with Gasteiger partial charge in [0.1, 0.15) is 0 Å². The molecule has 11 heavy (non-hydrogen) atoms. The van der Waals surface area contributed by atoms with E-state index in [9.17, 15) is 4.79 Å². The van der Waals surface area contributed by atoms with Crippen molar-refractivity contribution in [1.29, 1.82) is 0 Å². The van der Waals surface area contributed by atoms with E-state index < -0.39 is 5.97 Å². The molecule has 1 heterocycles. The number of carbonyl (C=O) groups is 1. The summed E-state index contributed by atoms with van der Waals surface area (Å²) in [6.45, 7) is 1.74. The Kier molecular flexibility index (Phi) is 2.30. The molecule has 1 N–H and O–H groups in total. The monoisotopic (exact) mass is 213 g/mol. The SMILES string of the molecule is Cc1ccc([AsH2])nc1C(=O)O. The first-order valence-electron chi connectivity index (χ1n) is 3.07. The molecule has 58 valence electrons. The van der Waals surface area contributed by atoms with E-state index in [1.807, 2.05) is 6.07 Å². The van der Waals surface area contributed by atoms with Crippen LogP contribution in [-0.4, -0.2) is 32.9 Å². The van der Waals surface area contributed by atoms with Crippen LogP contribution in [0.5, 0.6) is 0 Å². The van der Waals surface area contributed by atoms with E-state index in [0.717, 1.165) is 4.48 Å². The predicted molar refractivity (Wildman–Crippen MR) is 44.1 cm³/mol. The number of aromatic nitrogens is 1. The summed E-state index contributed by atoms with van der Waals surface area (Å²) >= 11 is 1.33. The molecule has 0 saturated carbocycles. The average molecular weight is 213 g/mol. The van der Waals surface area contributed by atoms with E-state index in [4.69, 9.17) is 5.11 Å². The van der Waals surface area contributed by atoms with Crippen LogP contribution in [-0.2, 0) is 0 Å². The summed E-state index contributed by atoms with van der Waals surface area (Å²) in [7, 11) is 0. The van der Waals surface area contributed by atoms with Crippen LogP contribution in [0.15, 0.2) is 12.1 Å². The van der Waals surface area contributed by atoms with E-state index in [1.54, 1.807) is 13.0 Å². The predicted octanol–water partition coefficient (Wildman–Crippen LogP) is -0.653. The summed E-state index contributed by atoms with van der Waals surface area (Å²) < 4.78 is 0.792. The fourth-order valence-electron chi connectivity index (χ4n) is 0.760. The van der Waals surface area contributed by atoms with Crippen molar-refractivity contribution in [3.8, 4) is 0 Å².